The van der Waals surface area contributed by atoms with Gasteiger partial charge in [-0.15, -0.1) is 5.10 Å². The lowest BCUT2D eigenvalue weighted by Gasteiger charge is -2.04. The van der Waals surface area contributed by atoms with Crippen molar-refractivity contribution in [2.75, 3.05) is 5.32 Å². The quantitative estimate of drug-likeness (QED) is 0.431. The maximum atomic E-state index is 13.1. The molecule has 0 saturated heterocycles. The Bertz CT molecular complexity index is 1450. The second-order valence-electron chi connectivity index (χ2n) is 7.45. The molecule has 1 N–H and O–H groups in total. The monoisotopic (exact) mass is 445 g/mol. The van der Waals surface area contributed by atoms with E-state index in [1.54, 1.807) is 27.5 Å². The molecule has 0 bridgehead atoms. The number of aromatic nitrogens is 8. The molecular formula is C22H20FN9O. The number of halogens is 1. The molecule has 0 aliphatic rings. The van der Waals surface area contributed by atoms with Gasteiger partial charge in [0.1, 0.15) is 17.7 Å². The number of nitrogens with zero attached hydrogens (tertiary/aromatic N) is 8. The van der Waals surface area contributed by atoms with E-state index in [9.17, 15) is 9.18 Å². The summed E-state index contributed by atoms with van der Waals surface area (Å²) in [5.41, 5.74) is 4.15. The van der Waals surface area contributed by atoms with Gasteiger partial charge in [-0.1, -0.05) is 12.1 Å². The summed E-state index contributed by atoms with van der Waals surface area (Å²) in [6, 6.07) is 7.95. The topological polar surface area (TPSA) is 108 Å². The van der Waals surface area contributed by atoms with E-state index in [2.05, 4.69) is 30.6 Å². The number of hydrogen-bond donors (Lipinski definition) is 1. The summed E-state index contributed by atoms with van der Waals surface area (Å²) in [5.74, 6) is -0.572. The van der Waals surface area contributed by atoms with Crippen LogP contribution in [0.25, 0.3) is 16.9 Å². The Kier molecular flexibility index (Phi) is 5.13. The Morgan fingerprint density at radius 1 is 1.09 bits per heavy atom. The van der Waals surface area contributed by atoms with Crippen LogP contribution in [-0.4, -0.2) is 45.1 Å². The third-order valence-corrected chi connectivity index (χ3v) is 5.21. The molecule has 0 saturated carbocycles. The first-order valence-electron chi connectivity index (χ1n) is 10.3. The van der Waals surface area contributed by atoms with Gasteiger partial charge in [0.15, 0.2) is 5.65 Å². The lowest BCUT2D eigenvalue weighted by molar-refractivity contribution is 0.102. The molecule has 4 heterocycles. The van der Waals surface area contributed by atoms with Crippen LogP contribution in [0.4, 0.5) is 10.3 Å². The van der Waals surface area contributed by atoms with E-state index in [4.69, 9.17) is 0 Å². The average molecular weight is 445 g/mol. The van der Waals surface area contributed by atoms with Gasteiger partial charge in [0.25, 0.3) is 5.91 Å². The van der Waals surface area contributed by atoms with Crippen molar-refractivity contribution in [2.45, 2.75) is 26.9 Å². The lowest BCUT2D eigenvalue weighted by atomic mass is 10.2. The first-order chi connectivity index (χ1) is 16.0. The van der Waals surface area contributed by atoms with E-state index < -0.39 is 5.91 Å². The van der Waals surface area contributed by atoms with Crippen molar-refractivity contribution in [3.8, 4) is 11.3 Å². The summed E-state index contributed by atoms with van der Waals surface area (Å²) in [6.07, 6.45) is 6.56. The van der Waals surface area contributed by atoms with E-state index in [-0.39, 0.29) is 11.8 Å². The van der Waals surface area contributed by atoms with E-state index in [0.717, 1.165) is 29.1 Å². The number of carbonyl (C=O) groups is 1. The van der Waals surface area contributed by atoms with Crippen molar-refractivity contribution >= 4 is 17.5 Å². The first kappa shape index (κ1) is 20.5. The summed E-state index contributed by atoms with van der Waals surface area (Å²) in [4.78, 5) is 21.4. The Morgan fingerprint density at radius 2 is 1.91 bits per heavy atom. The van der Waals surface area contributed by atoms with Crippen LogP contribution >= 0.6 is 0 Å². The zero-order valence-electron chi connectivity index (χ0n) is 18.0. The second-order valence-corrected chi connectivity index (χ2v) is 7.45. The highest BCUT2D eigenvalue weighted by Crippen LogP contribution is 2.24. The minimum atomic E-state index is -0.421. The molecule has 0 fully saturated rings. The molecule has 0 atom stereocenters. The van der Waals surface area contributed by atoms with Gasteiger partial charge in [-0.2, -0.15) is 10.2 Å². The Labute approximate surface area is 187 Å². The Morgan fingerprint density at radius 3 is 2.67 bits per heavy atom. The van der Waals surface area contributed by atoms with Crippen molar-refractivity contribution < 1.29 is 9.18 Å². The molecule has 10 nitrogen and oxygen atoms in total. The SMILES string of the molecule is CCn1cc(-c2ccnc3c(C(=O)Nc4ncn(Cc5ccc(F)cc5)n4)cnn23)c(C)n1. The van der Waals surface area contributed by atoms with Gasteiger partial charge in [0.2, 0.25) is 5.95 Å². The number of rotatable bonds is 6. The molecule has 0 unspecified atom stereocenters. The van der Waals surface area contributed by atoms with Gasteiger partial charge in [-0.25, -0.2) is 23.6 Å². The van der Waals surface area contributed by atoms with Crippen LogP contribution in [-0.2, 0) is 13.1 Å². The largest absolute Gasteiger partial charge is 0.289 e. The van der Waals surface area contributed by atoms with Crippen LogP contribution < -0.4 is 5.32 Å². The van der Waals surface area contributed by atoms with Crippen molar-refractivity contribution in [1.82, 2.24) is 39.1 Å². The van der Waals surface area contributed by atoms with Crippen molar-refractivity contribution in [1.29, 1.82) is 0 Å². The van der Waals surface area contributed by atoms with E-state index >= 15 is 0 Å². The third kappa shape index (κ3) is 3.95. The fraction of sp³-hybridized carbons (Fsp3) is 0.182. The molecule has 0 radical (unpaired) electrons. The van der Waals surface area contributed by atoms with Gasteiger partial charge < -0.3 is 0 Å². The van der Waals surface area contributed by atoms with Crippen molar-refractivity contribution in [2.24, 2.45) is 0 Å². The normalized spacial score (nSPS) is 11.2. The molecule has 5 aromatic rings. The predicted octanol–water partition coefficient (Wildman–Crippen LogP) is 2.95. The summed E-state index contributed by atoms with van der Waals surface area (Å²) >= 11 is 0. The smallest absolute Gasteiger partial charge is 0.263 e. The molecule has 11 heteroatoms. The number of carbonyl (C=O) groups excluding carboxylic acids is 1. The molecule has 33 heavy (non-hydrogen) atoms. The molecule has 1 aromatic carbocycles. The van der Waals surface area contributed by atoms with E-state index in [1.807, 2.05) is 30.8 Å². The number of aryl methyl sites for hydroxylation is 2. The fourth-order valence-corrected chi connectivity index (χ4v) is 3.56. The van der Waals surface area contributed by atoms with Gasteiger partial charge >= 0.3 is 0 Å². The van der Waals surface area contributed by atoms with Crippen LogP contribution in [0.5, 0.6) is 0 Å². The number of hydrogen-bond acceptors (Lipinski definition) is 6. The number of amides is 1. The first-order valence-corrected chi connectivity index (χ1v) is 10.3. The van der Waals surface area contributed by atoms with Crippen LogP contribution in [0.1, 0.15) is 28.5 Å². The lowest BCUT2D eigenvalue weighted by Crippen LogP contribution is -2.14. The predicted molar refractivity (Wildman–Crippen MR) is 118 cm³/mol. The van der Waals surface area contributed by atoms with Gasteiger partial charge in [-0.3, -0.25) is 14.8 Å². The standard InChI is InChI=1S/C22H20FN9O/c1-3-30-12-18(14(2)28-30)19-8-9-24-20-17(10-26-32(19)20)21(33)27-22-25-13-31(29-22)11-15-4-6-16(23)7-5-15/h4-10,12-13H,3,11H2,1-2H3,(H,27,29,33). The highest BCUT2D eigenvalue weighted by molar-refractivity contribution is 6.07. The molecule has 0 aliphatic carbocycles. The minimum absolute atomic E-state index is 0.151. The molecule has 166 valence electrons. The maximum Gasteiger partial charge on any atom is 0.263 e. The number of fused-ring (bicyclic) bond motifs is 1. The zero-order valence-corrected chi connectivity index (χ0v) is 18.0. The van der Waals surface area contributed by atoms with Crippen molar-refractivity contribution in [3.05, 3.63) is 77.9 Å². The Hall–Kier alpha value is -4.41. The molecule has 4 aromatic heterocycles. The van der Waals surface area contributed by atoms with Crippen LogP contribution in [0.2, 0.25) is 0 Å². The van der Waals surface area contributed by atoms with Crippen LogP contribution in [0, 0.1) is 12.7 Å². The molecule has 0 spiro atoms. The highest BCUT2D eigenvalue weighted by atomic mass is 19.1. The third-order valence-electron chi connectivity index (χ3n) is 5.21. The maximum absolute atomic E-state index is 13.1. The van der Waals surface area contributed by atoms with E-state index in [1.165, 1.54) is 24.7 Å². The summed E-state index contributed by atoms with van der Waals surface area (Å²) in [7, 11) is 0. The van der Waals surface area contributed by atoms with Crippen LogP contribution in [0.15, 0.2) is 55.2 Å². The van der Waals surface area contributed by atoms with Crippen LogP contribution in [0.3, 0.4) is 0 Å². The summed E-state index contributed by atoms with van der Waals surface area (Å²) in [5, 5.41) is 15.8. The fourth-order valence-electron chi connectivity index (χ4n) is 3.56. The number of benzene rings is 1. The molecule has 1 amide bonds. The summed E-state index contributed by atoms with van der Waals surface area (Å²) < 4.78 is 18.1. The number of nitrogens with one attached hydrogen (secondary N) is 1. The minimum Gasteiger partial charge on any atom is -0.289 e. The second kappa shape index (κ2) is 8.26. The molecule has 5 rings (SSSR count). The highest BCUT2D eigenvalue weighted by Gasteiger charge is 2.19. The van der Waals surface area contributed by atoms with Gasteiger partial charge in [-0.05, 0) is 37.6 Å². The summed E-state index contributed by atoms with van der Waals surface area (Å²) in [6.45, 7) is 5.10. The van der Waals surface area contributed by atoms with Gasteiger partial charge in [0.05, 0.1) is 24.1 Å². The zero-order chi connectivity index (χ0) is 22.9. The van der Waals surface area contributed by atoms with Crippen molar-refractivity contribution in [3.63, 3.8) is 0 Å². The number of anilines is 1. The Balaban J connectivity index is 1.38. The average Bonchev–Trinajstić information content (AvgIpc) is 3.53. The van der Waals surface area contributed by atoms with E-state index in [0.29, 0.717) is 17.8 Å². The van der Waals surface area contributed by atoms with Gasteiger partial charge in [0, 0.05) is 24.5 Å². The molecular weight excluding hydrogens is 425 g/mol. The molecule has 0 aliphatic heterocycles.